The van der Waals surface area contributed by atoms with Gasteiger partial charge in [-0.2, -0.15) is 0 Å². The summed E-state index contributed by atoms with van der Waals surface area (Å²) in [6.07, 6.45) is 0. The van der Waals surface area contributed by atoms with E-state index in [2.05, 4.69) is 15.6 Å². The van der Waals surface area contributed by atoms with E-state index in [0.29, 0.717) is 13.1 Å². The van der Waals surface area contributed by atoms with Gasteiger partial charge in [-0.25, -0.2) is 14.3 Å². The van der Waals surface area contributed by atoms with Gasteiger partial charge in [0.15, 0.2) is 5.69 Å². The van der Waals surface area contributed by atoms with Gasteiger partial charge < -0.3 is 10.4 Å². The van der Waals surface area contributed by atoms with Crippen LogP contribution >= 0.6 is 0 Å². The van der Waals surface area contributed by atoms with Gasteiger partial charge in [0.25, 0.3) is 5.91 Å². The van der Waals surface area contributed by atoms with Gasteiger partial charge >= 0.3 is 12.0 Å². The van der Waals surface area contributed by atoms with Crippen molar-refractivity contribution in [3.8, 4) is 0 Å². The fraction of sp³-hybridized carbons (Fsp3) is 0.444. The van der Waals surface area contributed by atoms with Crippen molar-refractivity contribution >= 4 is 17.9 Å². The number of rotatable bonds is 3. The second-order valence-corrected chi connectivity index (χ2v) is 3.76. The SMILES string of the molecule is Cc1c(C(=O)O)nnn1CC(=O)N1CCNC1=O. The number of carbonyl (C=O) groups is 3. The summed E-state index contributed by atoms with van der Waals surface area (Å²) < 4.78 is 1.16. The van der Waals surface area contributed by atoms with Gasteiger partial charge in [-0.15, -0.1) is 5.10 Å². The van der Waals surface area contributed by atoms with Gasteiger partial charge in [0.1, 0.15) is 6.54 Å². The van der Waals surface area contributed by atoms with Crippen LogP contribution in [0.4, 0.5) is 4.79 Å². The molecule has 1 aliphatic rings. The van der Waals surface area contributed by atoms with Crippen LogP contribution in [0.15, 0.2) is 0 Å². The van der Waals surface area contributed by atoms with Gasteiger partial charge in [0.05, 0.1) is 5.69 Å². The average molecular weight is 253 g/mol. The number of amides is 3. The molecule has 0 bridgehead atoms. The van der Waals surface area contributed by atoms with Crippen LogP contribution < -0.4 is 5.32 Å². The number of carboxylic acids is 1. The highest BCUT2D eigenvalue weighted by Crippen LogP contribution is 2.05. The number of hydrogen-bond donors (Lipinski definition) is 2. The van der Waals surface area contributed by atoms with Crippen molar-refractivity contribution in [2.75, 3.05) is 13.1 Å². The van der Waals surface area contributed by atoms with Gasteiger partial charge in [0.2, 0.25) is 0 Å². The zero-order valence-corrected chi connectivity index (χ0v) is 9.58. The van der Waals surface area contributed by atoms with Crippen molar-refractivity contribution in [1.29, 1.82) is 0 Å². The van der Waals surface area contributed by atoms with Crippen LogP contribution in [0.1, 0.15) is 16.2 Å². The lowest BCUT2D eigenvalue weighted by molar-refractivity contribution is -0.128. The van der Waals surface area contributed by atoms with E-state index in [1.54, 1.807) is 0 Å². The van der Waals surface area contributed by atoms with Crippen LogP contribution in [0.25, 0.3) is 0 Å². The Morgan fingerprint density at radius 3 is 2.72 bits per heavy atom. The third kappa shape index (κ3) is 2.01. The van der Waals surface area contributed by atoms with E-state index in [1.165, 1.54) is 6.92 Å². The molecule has 0 atom stereocenters. The number of nitrogens with zero attached hydrogens (tertiary/aromatic N) is 4. The average Bonchev–Trinajstić information content (AvgIpc) is 2.86. The Morgan fingerprint density at radius 1 is 1.50 bits per heavy atom. The highest BCUT2D eigenvalue weighted by atomic mass is 16.4. The van der Waals surface area contributed by atoms with Crippen LogP contribution in [0, 0.1) is 6.92 Å². The van der Waals surface area contributed by atoms with E-state index in [4.69, 9.17) is 5.11 Å². The molecule has 96 valence electrons. The summed E-state index contributed by atoms with van der Waals surface area (Å²) in [5.41, 5.74) is 0.0733. The van der Waals surface area contributed by atoms with E-state index in [9.17, 15) is 14.4 Å². The minimum absolute atomic E-state index is 0.200. The van der Waals surface area contributed by atoms with Gasteiger partial charge in [-0.3, -0.25) is 9.69 Å². The number of carboxylic acid groups (broad SMARTS) is 1. The molecular weight excluding hydrogens is 242 g/mol. The Morgan fingerprint density at radius 2 is 2.22 bits per heavy atom. The normalized spacial score (nSPS) is 14.7. The van der Waals surface area contributed by atoms with Crippen LogP contribution in [0.5, 0.6) is 0 Å². The van der Waals surface area contributed by atoms with E-state index in [0.717, 1.165) is 9.58 Å². The molecule has 1 fully saturated rings. The molecule has 9 nitrogen and oxygen atoms in total. The van der Waals surface area contributed by atoms with E-state index in [-0.39, 0.29) is 17.9 Å². The third-order valence-corrected chi connectivity index (χ3v) is 2.63. The summed E-state index contributed by atoms with van der Waals surface area (Å²) in [5, 5.41) is 18.3. The molecule has 1 aliphatic heterocycles. The molecule has 3 amide bonds. The minimum atomic E-state index is -1.20. The molecule has 0 unspecified atom stereocenters. The minimum Gasteiger partial charge on any atom is -0.476 e. The van der Waals surface area contributed by atoms with Crippen molar-refractivity contribution in [2.24, 2.45) is 0 Å². The number of aromatic nitrogens is 3. The fourth-order valence-corrected chi connectivity index (χ4v) is 1.63. The van der Waals surface area contributed by atoms with Gasteiger partial charge in [-0.1, -0.05) is 5.21 Å². The van der Waals surface area contributed by atoms with Crippen LogP contribution in [-0.4, -0.2) is 56.0 Å². The van der Waals surface area contributed by atoms with Crippen molar-refractivity contribution in [1.82, 2.24) is 25.2 Å². The van der Waals surface area contributed by atoms with Crippen LogP contribution in [0.3, 0.4) is 0 Å². The zero-order valence-electron chi connectivity index (χ0n) is 9.58. The molecule has 0 aromatic carbocycles. The Bertz CT molecular complexity index is 523. The second-order valence-electron chi connectivity index (χ2n) is 3.76. The van der Waals surface area contributed by atoms with Crippen molar-refractivity contribution in [2.45, 2.75) is 13.5 Å². The molecule has 18 heavy (non-hydrogen) atoms. The lowest BCUT2D eigenvalue weighted by atomic mass is 10.3. The highest BCUT2D eigenvalue weighted by Gasteiger charge is 2.27. The quantitative estimate of drug-likeness (QED) is 0.701. The summed E-state index contributed by atoms with van der Waals surface area (Å²) in [6, 6.07) is -0.448. The monoisotopic (exact) mass is 253 g/mol. The highest BCUT2D eigenvalue weighted by molar-refractivity contribution is 5.95. The van der Waals surface area contributed by atoms with E-state index >= 15 is 0 Å². The number of aromatic carboxylic acids is 1. The number of hydrogen-bond acceptors (Lipinski definition) is 5. The standard InChI is InChI=1S/C9H11N5O4/c1-5-7(8(16)17)11-12-14(5)4-6(15)13-3-2-10-9(13)18/h2-4H2,1H3,(H,10,18)(H,16,17). The molecule has 0 aliphatic carbocycles. The van der Waals surface area contributed by atoms with Crippen LogP contribution in [-0.2, 0) is 11.3 Å². The molecule has 0 saturated carbocycles. The number of urea groups is 1. The first-order chi connectivity index (χ1) is 8.50. The molecule has 0 radical (unpaired) electrons. The topological polar surface area (TPSA) is 117 Å². The zero-order chi connectivity index (χ0) is 13.3. The summed E-state index contributed by atoms with van der Waals surface area (Å²) in [7, 11) is 0. The first-order valence-electron chi connectivity index (χ1n) is 5.22. The number of carbonyl (C=O) groups excluding carboxylic acids is 2. The van der Waals surface area contributed by atoms with Crippen LogP contribution in [0.2, 0.25) is 0 Å². The Balaban J connectivity index is 2.12. The Kier molecular flexibility index (Phi) is 2.96. The summed E-state index contributed by atoms with van der Waals surface area (Å²) in [6.45, 7) is 2.01. The summed E-state index contributed by atoms with van der Waals surface area (Å²) in [4.78, 5) is 34.9. The Labute approximate surface area is 101 Å². The molecule has 9 heteroatoms. The van der Waals surface area contributed by atoms with Gasteiger partial charge in [-0.05, 0) is 6.92 Å². The largest absolute Gasteiger partial charge is 0.476 e. The predicted octanol–water partition coefficient (Wildman–Crippen LogP) is -1.16. The maximum atomic E-state index is 11.8. The molecule has 1 saturated heterocycles. The Hall–Kier alpha value is -2.45. The van der Waals surface area contributed by atoms with E-state index in [1.807, 2.05) is 0 Å². The number of imide groups is 1. The van der Waals surface area contributed by atoms with Crippen molar-refractivity contribution < 1.29 is 19.5 Å². The second kappa shape index (κ2) is 4.43. The van der Waals surface area contributed by atoms with Crippen molar-refractivity contribution in [3.05, 3.63) is 11.4 Å². The van der Waals surface area contributed by atoms with Gasteiger partial charge in [0, 0.05) is 13.1 Å². The molecule has 0 spiro atoms. The molecule has 1 aromatic heterocycles. The molecule has 2 rings (SSSR count). The summed E-state index contributed by atoms with van der Waals surface area (Å²) >= 11 is 0. The maximum Gasteiger partial charge on any atom is 0.358 e. The molecular formula is C9H11N5O4. The van der Waals surface area contributed by atoms with E-state index < -0.39 is 17.9 Å². The van der Waals surface area contributed by atoms with Crippen molar-refractivity contribution in [3.63, 3.8) is 0 Å². The lowest BCUT2D eigenvalue weighted by Crippen LogP contribution is -2.37. The lowest BCUT2D eigenvalue weighted by Gasteiger charge is -2.12. The predicted molar refractivity (Wildman–Crippen MR) is 56.8 cm³/mol. The fourth-order valence-electron chi connectivity index (χ4n) is 1.63. The number of nitrogens with one attached hydrogen (secondary N) is 1. The molecule has 2 heterocycles. The summed E-state index contributed by atoms with van der Waals surface area (Å²) in [5.74, 6) is -1.65. The first kappa shape index (κ1) is 12.0. The third-order valence-electron chi connectivity index (χ3n) is 2.63. The first-order valence-corrected chi connectivity index (χ1v) is 5.22. The smallest absolute Gasteiger partial charge is 0.358 e. The maximum absolute atomic E-state index is 11.8. The molecule has 1 aromatic rings. The molecule has 2 N–H and O–H groups in total.